The maximum atomic E-state index is 14.6. The molecule has 1 fully saturated rings. The van der Waals surface area contributed by atoms with Gasteiger partial charge in [-0.25, -0.2) is 14.8 Å². The number of fused-ring (bicyclic) bond motifs is 4. The van der Waals surface area contributed by atoms with Crippen LogP contribution in [0.1, 0.15) is 74.6 Å². The predicted octanol–water partition coefficient (Wildman–Crippen LogP) is 6.97. The molecule has 6 heterocycles. The number of nitrogens with zero attached hydrogens (tertiary/aromatic N) is 8. The third-order valence-electron chi connectivity index (χ3n) is 10.4. The number of hydrogen-bond donors (Lipinski definition) is 1. The van der Waals surface area contributed by atoms with Crippen molar-refractivity contribution in [1.29, 1.82) is 0 Å². The van der Waals surface area contributed by atoms with E-state index in [-0.39, 0.29) is 23.1 Å². The number of anilines is 2. The molecular formula is C43H47N9O2. The lowest BCUT2D eigenvalue weighted by Gasteiger charge is -2.36. The van der Waals surface area contributed by atoms with Crippen molar-refractivity contribution in [2.45, 2.75) is 72.5 Å². The van der Waals surface area contributed by atoms with Crippen LogP contribution < -0.4 is 11.0 Å². The number of nitrogens with one attached hydrogen (secondary N) is 1. The normalized spacial score (nSPS) is 16.3. The van der Waals surface area contributed by atoms with Crippen LogP contribution in [0.25, 0.3) is 27.9 Å². The first kappa shape index (κ1) is 35.3. The second-order valence-corrected chi connectivity index (χ2v) is 15.6. The van der Waals surface area contributed by atoms with Crippen LogP contribution in [0, 0.1) is 17.3 Å². The highest BCUT2D eigenvalue weighted by molar-refractivity contribution is 5.95. The SMILES string of the molecule is CCC#CCn1c2c(c3cccnc31)CCN(C(=O)c1ccc(-n3c(=O)n([C@H]4CCCN(CC(C)(C)C)C4)c4nc(Nc5ccccc5)ncc43)cc1)C2. The van der Waals surface area contributed by atoms with Crippen molar-refractivity contribution < 1.29 is 4.79 Å². The number of benzene rings is 2. The van der Waals surface area contributed by atoms with Crippen LogP contribution in [0.15, 0.2) is 83.9 Å². The van der Waals surface area contributed by atoms with Gasteiger partial charge in [0.05, 0.1) is 31.0 Å². The fourth-order valence-electron chi connectivity index (χ4n) is 8.15. The number of rotatable bonds is 7. The van der Waals surface area contributed by atoms with E-state index in [9.17, 15) is 9.59 Å². The van der Waals surface area contributed by atoms with Crippen molar-refractivity contribution in [3.8, 4) is 17.5 Å². The lowest BCUT2D eigenvalue weighted by molar-refractivity contribution is 0.0731. The summed E-state index contributed by atoms with van der Waals surface area (Å²) in [6.45, 7) is 13.2. The van der Waals surface area contributed by atoms with Crippen molar-refractivity contribution in [2.24, 2.45) is 5.41 Å². The molecule has 6 aromatic rings. The Morgan fingerprint density at radius 1 is 0.963 bits per heavy atom. The number of carbonyl (C=O) groups excluding carboxylic acids is 1. The maximum Gasteiger partial charge on any atom is 0.335 e. The minimum Gasteiger partial charge on any atom is -0.332 e. The van der Waals surface area contributed by atoms with E-state index in [0.717, 1.165) is 67.7 Å². The lowest BCUT2D eigenvalue weighted by Crippen LogP contribution is -2.43. The van der Waals surface area contributed by atoms with E-state index in [1.54, 1.807) is 10.8 Å². The number of aromatic nitrogens is 6. The molecule has 0 unspecified atom stereocenters. The van der Waals surface area contributed by atoms with Crippen LogP contribution in [0.4, 0.5) is 11.6 Å². The van der Waals surface area contributed by atoms with E-state index in [1.807, 2.05) is 83.3 Å². The highest BCUT2D eigenvalue weighted by Gasteiger charge is 2.30. The Labute approximate surface area is 315 Å². The molecule has 54 heavy (non-hydrogen) atoms. The van der Waals surface area contributed by atoms with Gasteiger partial charge in [0.1, 0.15) is 11.2 Å². The summed E-state index contributed by atoms with van der Waals surface area (Å²) in [7, 11) is 0. The molecule has 8 rings (SSSR count). The van der Waals surface area contributed by atoms with Crippen molar-refractivity contribution in [1.82, 2.24) is 38.5 Å². The minimum atomic E-state index is -0.158. The molecule has 276 valence electrons. The highest BCUT2D eigenvalue weighted by atomic mass is 16.2. The van der Waals surface area contributed by atoms with Gasteiger partial charge in [0.2, 0.25) is 5.95 Å². The summed E-state index contributed by atoms with van der Waals surface area (Å²) in [5, 5.41) is 4.44. The Kier molecular flexibility index (Phi) is 9.54. The molecule has 2 aliphatic rings. The molecule has 0 saturated carbocycles. The standard InChI is InChI=1S/C43H47N9O2/c1-5-6-10-24-50-37-28-49(25-21-34(37)35-16-11-22-44-38(35)50)40(53)30-17-19-32(20-18-30)51-36-26-45-41(46-31-13-8-7-9-14-31)47-39(36)52(42(51)54)33-15-12-23-48(27-33)29-43(2,3)4/h7-9,11,13-14,16-20,22,26,33H,5,12,15,21,23-25,27-29H2,1-4H3,(H,45,46,47)/t33-/m0/s1. The number of piperidine rings is 1. The average Bonchev–Trinajstić information content (AvgIpc) is 3.64. The number of pyridine rings is 1. The molecule has 1 amide bonds. The van der Waals surface area contributed by atoms with E-state index < -0.39 is 0 Å². The molecule has 0 spiro atoms. The molecule has 1 N–H and O–H groups in total. The van der Waals surface area contributed by atoms with Crippen LogP contribution in [0.5, 0.6) is 0 Å². The summed E-state index contributed by atoms with van der Waals surface area (Å²) in [4.78, 5) is 47.2. The molecule has 0 bridgehead atoms. The van der Waals surface area contributed by atoms with E-state index in [2.05, 4.69) is 63.4 Å². The number of hydrogen-bond acceptors (Lipinski definition) is 7. The zero-order valence-corrected chi connectivity index (χ0v) is 31.5. The molecule has 0 radical (unpaired) electrons. The Bertz CT molecular complexity index is 2440. The second-order valence-electron chi connectivity index (χ2n) is 15.6. The second kappa shape index (κ2) is 14.6. The molecule has 2 aromatic carbocycles. The van der Waals surface area contributed by atoms with Gasteiger partial charge in [0, 0.05) is 54.6 Å². The molecular weight excluding hydrogens is 675 g/mol. The van der Waals surface area contributed by atoms with Crippen molar-refractivity contribution in [3.63, 3.8) is 0 Å². The molecule has 1 atom stereocenters. The van der Waals surface area contributed by atoms with E-state index in [0.29, 0.717) is 48.0 Å². The van der Waals surface area contributed by atoms with Gasteiger partial charge in [-0.15, -0.1) is 5.92 Å². The largest absolute Gasteiger partial charge is 0.335 e. The van der Waals surface area contributed by atoms with Crippen LogP contribution in [-0.4, -0.2) is 70.5 Å². The van der Waals surface area contributed by atoms with Gasteiger partial charge in [-0.2, -0.15) is 4.98 Å². The molecule has 1 saturated heterocycles. The molecule has 4 aromatic heterocycles. The maximum absolute atomic E-state index is 14.6. The van der Waals surface area contributed by atoms with Crippen molar-refractivity contribution >= 4 is 39.7 Å². The smallest absolute Gasteiger partial charge is 0.332 e. The first-order chi connectivity index (χ1) is 26.2. The number of para-hydroxylation sites is 1. The molecule has 11 heteroatoms. The zero-order chi connectivity index (χ0) is 37.4. The first-order valence-electron chi connectivity index (χ1n) is 19.0. The van der Waals surface area contributed by atoms with Crippen LogP contribution in [0.3, 0.4) is 0 Å². The van der Waals surface area contributed by atoms with Gasteiger partial charge in [-0.1, -0.05) is 51.8 Å². The van der Waals surface area contributed by atoms with Crippen LogP contribution >= 0.6 is 0 Å². The predicted molar refractivity (Wildman–Crippen MR) is 213 cm³/mol. The number of carbonyl (C=O) groups is 1. The third-order valence-corrected chi connectivity index (χ3v) is 10.4. The third kappa shape index (κ3) is 6.90. The topological polar surface area (TPSA) is 106 Å². The van der Waals surface area contributed by atoms with E-state index in [4.69, 9.17) is 4.98 Å². The number of likely N-dealkylation sites (tertiary alicyclic amines) is 1. The van der Waals surface area contributed by atoms with Gasteiger partial charge in [0.15, 0.2) is 5.65 Å². The summed E-state index contributed by atoms with van der Waals surface area (Å²) >= 11 is 0. The minimum absolute atomic E-state index is 0.0413. The van der Waals surface area contributed by atoms with Crippen LogP contribution in [-0.2, 0) is 19.5 Å². The first-order valence-corrected chi connectivity index (χ1v) is 19.0. The Morgan fingerprint density at radius 3 is 2.56 bits per heavy atom. The molecule has 2 aliphatic heterocycles. The van der Waals surface area contributed by atoms with Gasteiger partial charge < -0.3 is 19.7 Å². The zero-order valence-electron chi connectivity index (χ0n) is 31.5. The quantitative estimate of drug-likeness (QED) is 0.178. The van der Waals surface area contributed by atoms with Gasteiger partial charge >= 0.3 is 5.69 Å². The Hall–Kier alpha value is -5.73. The summed E-state index contributed by atoms with van der Waals surface area (Å²) in [6, 6.07) is 21.2. The summed E-state index contributed by atoms with van der Waals surface area (Å²) in [5.74, 6) is 6.82. The molecule has 0 aliphatic carbocycles. The monoisotopic (exact) mass is 721 g/mol. The van der Waals surface area contributed by atoms with Gasteiger partial charge in [-0.05, 0) is 85.3 Å². The summed E-state index contributed by atoms with van der Waals surface area (Å²) < 4.78 is 5.72. The van der Waals surface area contributed by atoms with Gasteiger partial charge in [-0.3, -0.25) is 13.9 Å². The Balaban J connectivity index is 1.11. The fraction of sp³-hybridized carbons (Fsp3) is 0.372. The number of amides is 1. The fourth-order valence-corrected chi connectivity index (χ4v) is 8.15. The highest BCUT2D eigenvalue weighted by Crippen LogP contribution is 2.32. The van der Waals surface area contributed by atoms with Gasteiger partial charge in [0.25, 0.3) is 5.91 Å². The summed E-state index contributed by atoms with van der Waals surface area (Å²) in [6.07, 6.45) is 6.96. The number of imidazole rings is 1. The average molecular weight is 722 g/mol. The Morgan fingerprint density at radius 2 is 1.78 bits per heavy atom. The van der Waals surface area contributed by atoms with E-state index in [1.165, 1.54) is 5.56 Å². The lowest BCUT2D eigenvalue weighted by atomic mass is 9.94. The van der Waals surface area contributed by atoms with Crippen molar-refractivity contribution in [3.05, 3.63) is 106 Å². The van der Waals surface area contributed by atoms with Crippen LogP contribution in [0.2, 0.25) is 0 Å². The van der Waals surface area contributed by atoms with E-state index >= 15 is 0 Å². The van der Waals surface area contributed by atoms with Crippen molar-refractivity contribution in [2.75, 3.05) is 31.5 Å². The molecule has 11 nitrogen and oxygen atoms in total. The summed E-state index contributed by atoms with van der Waals surface area (Å²) in [5.41, 5.74) is 6.56.